The number of amides is 3. The van der Waals surface area contributed by atoms with Crippen LogP contribution in [0, 0.1) is 0 Å². The van der Waals surface area contributed by atoms with Gasteiger partial charge in [-0.1, -0.05) is 15.9 Å². The van der Waals surface area contributed by atoms with Crippen molar-refractivity contribution in [3.8, 4) is 0 Å². The molecule has 2 aliphatic heterocycles. The number of rotatable bonds is 8. The van der Waals surface area contributed by atoms with E-state index in [-0.39, 0.29) is 31.1 Å². The third-order valence-corrected chi connectivity index (χ3v) is 6.41. The number of Topliss-reactive ketones (excluding diaryl/α,β-unsaturated/α-hetero) is 1. The van der Waals surface area contributed by atoms with Gasteiger partial charge in [0.1, 0.15) is 17.7 Å². The summed E-state index contributed by atoms with van der Waals surface area (Å²) in [5.74, 6) is -3.02. The molecule has 2 saturated heterocycles. The fraction of sp³-hybridized carbons (Fsp3) is 0.750. The Bertz CT molecular complexity index is 949. The summed E-state index contributed by atoms with van der Waals surface area (Å²) in [6.45, 7) is 5.21. The van der Waals surface area contributed by atoms with Gasteiger partial charge in [0.25, 0.3) is 5.91 Å². The third-order valence-electron chi connectivity index (χ3n) is 5.15. The number of nitrogens with zero attached hydrogens (tertiary/aromatic N) is 2. The molecule has 0 bridgehead atoms. The van der Waals surface area contributed by atoms with Crippen LogP contribution in [0.25, 0.3) is 0 Å². The number of hydrogen-bond acceptors (Lipinski definition) is 8. The molecule has 192 valence electrons. The Kier molecular flexibility index (Phi) is 9.22. The van der Waals surface area contributed by atoms with Crippen LogP contribution in [0.3, 0.4) is 0 Å². The maximum atomic E-state index is 13.2. The highest BCUT2D eigenvalue weighted by atomic mass is 79.9. The van der Waals surface area contributed by atoms with Crippen molar-refractivity contribution in [2.45, 2.75) is 76.6 Å². The molecular weight excluding hydrogens is 536 g/mol. The number of ketones is 1. The van der Waals surface area contributed by atoms with Gasteiger partial charge in [0.15, 0.2) is 5.78 Å². The van der Waals surface area contributed by atoms with Crippen LogP contribution in [0.2, 0.25) is 0 Å². The second-order valence-corrected chi connectivity index (χ2v) is 11.6. The summed E-state index contributed by atoms with van der Waals surface area (Å²) in [5.41, 5.74) is -0.784. The molecule has 14 heteroatoms. The lowest BCUT2D eigenvalue weighted by molar-refractivity contribution is -0.176. The molecule has 0 aromatic heterocycles. The minimum atomic E-state index is -3.76. The van der Waals surface area contributed by atoms with E-state index in [1.807, 2.05) is 0 Å². The Labute approximate surface area is 207 Å². The van der Waals surface area contributed by atoms with Crippen molar-refractivity contribution < 1.29 is 37.1 Å². The molecule has 34 heavy (non-hydrogen) atoms. The van der Waals surface area contributed by atoms with E-state index in [4.69, 9.17) is 4.74 Å². The van der Waals surface area contributed by atoms with Gasteiger partial charge >= 0.3 is 5.97 Å². The molecule has 3 amide bonds. The molecular formula is C20H31BrN4O8S. The van der Waals surface area contributed by atoms with Crippen LogP contribution in [0.5, 0.6) is 0 Å². The Morgan fingerprint density at radius 2 is 1.85 bits per heavy atom. The number of esters is 1. The van der Waals surface area contributed by atoms with Crippen molar-refractivity contribution >= 4 is 55.4 Å². The first-order chi connectivity index (χ1) is 15.6. The Morgan fingerprint density at radius 1 is 1.21 bits per heavy atom. The lowest BCUT2D eigenvalue weighted by Crippen LogP contribution is -2.64. The van der Waals surface area contributed by atoms with Gasteiger partial charge in [0.05, 0.1) is 24.0 Å². The summed E-state index contributed by atoms with van der Waals surface area (Å²) in [7, 11) is -3.76. The van der Waals surface area contributed by atoms with Crippen molar-refractivity contribution in [2.75, 3.05) is 18.1 Å². The number of carbonyl (C=O) groups excluding carboxylic acids is 5. The maximum absolute atomic E-state index is 13.2. The monoisotopic (exact) mass is 566 g/mol. The first-order valence-corrected chi connectivity index (χ1v) is 13.9. The van der Waals surface area contributed by atoms with Gasteiger partial charge in [-0.2, -0.15) is 0 Å². The summed E-state index contributed by atoms with van der Waals surface area (Å²) >= 11 is 3.04. The van der Waals surface area contributed by atoms with Gasteiger partial charge in [-0.25, -0.2) is 18.1 Å². The molecule has 2 aliphatic rings. The van der Waals surface area contributed by atoms with E-state index < -0.39 is 69.6 Å². The number of hydrazine groups is 1. The number of nitrogens with one attached hydrogen (secondary N) is 2. The van der Waals surface area contributed by atoms with Crippen molar-refractivity contribution in [1.29, 1.82) is 0 Å². The summed E-state index contributed by atoms with van der Waals surface area (Å²) in [6.07, 6.45) is 0.978. The number of alkyl halides is 1. The van der Waals surface area contributed by atoms with Gasteiger partial charge < -0.3 is 10.1 Å². The van der Waals surface area contributed by atoms with E-state index in [2.05, 4.69) is 26.0 Å². The van der Waals surface area contributed by atoms with E-state index in [1.54, 1.807) is 20.8 Å². The molecule has 0 saturated carbocycles. The molecule has 3 atom stereocenters. The van der Waals surface area contributed by atoms with E-state index in [0.29, 0.717) is 6.42 Å². The average Bonchev–Trinajstić information content (AvgIpc) is 2.82. The topological polar surface area (TPSA) is 159 Å². The summed E-state index contributed by atoms with van der Waals surface area (Å²) in [4.78, 5) is 63.7. The maximum Gasteiger partial charge on any atom is 0.308 e. The second kappa shape index (κ2) is 11.1. The largest absolute Gasteiger partial charge is 0.460 e. The standard InChI is InChI=1S/C20H31BrN4O8S/c1-20(2,3)33-17(28)10-13(15(26)11-21)22-18(29)14-6-5-9-24-16(27)8-7-12(19(30)25(14)24)23-34(4,31)32/h12-14,23H,5-11H2,1-4H3,(H,22,29). The Morgan fingerprint density at radius 3 is 2.41 bits per heavy atom. The van der Waals surface area contributed by atoms with Crippen molar-refractivity contribution in [3.05, 3.63) is 0 Å². The molecule has 3 unspecified atom stereocenters. The number of fused-ring (bicyclic) bond motifs is 1. The van der Waals surface area contributed by atoms with E-state index in [9.17, 15) is 32.4 Å². The number of halogens is 1. The fourth-order valence-electron chi connectivity index (χ4n) is 3.80. The summed E-state index contributed by atoms with van der Waals surface area (Å²) in [5, 5.41) is 4.54. The highest BCUT2D eigenvalue weighted by Gasteiger charge is 2.45. The minimum absolute atomic E-state index is 0.0462. The van der Waals surface area contributed by atoms with Gasteiger partial charge in [0, 0.05) is 13.0 Å². The molecule has 0 radical (unpaired) electrons. The SMILES string of the molecule is CC(C)(C)OC(=O)CC(NC(=O)C1CCCN2C(=O)CCC(NS(C)(=O)=O)C(=O)N12)C(=O)CBr. The number of carbonyl (C=O) groups is 5. The zero-order valence-electron chi connectivity index (χ0n) is 19.6. The Hall–Kier alpha value is -2.06. The van der Waals surface area contributed by atoms with Crippen LogP contribution < -0.4 is 10.0 Å². The summed E-state index contributed by atoms with van der Waals surface area (Å²) < 4.78 is 30.9. The van der Waals surface area contributed by atoms with E-state index in [1.165, 1.54) is 0 Å². The molecule has 12 nitrogen and oxygen atoms in total. The first kappa shape index (κ1) is 28.2. The zero-order valence-corrected chi connectivity index (χ0v) is 22.0. The zero-order chi connectivity index (χ0) is 25.8. The van der Waals surface area contributed by atoms with Crippen molar-refractivity contribution in [2.24, 2.45) is 0 Å². The second-order valence-electron chi connectivity index (χ2n) is 9.29. The lowest BCUT2D eigenvalue weighted by Gasteiger charge is -2.43. The average molecular weight is 567 g/mol. The molecule has 0 spiro atoms. The number of hydrogen-bond donors (Lipinski definition) is 2. The number of ether oxygens (including phenoxy) is 1. The van der Waals surface area contributed by atoms with Crippen LogP contribution in [0.15, 0.2) is 0 Å². The van der Waals surface area contributed by atoms with Crippen LogP contribution in [-0.2, 0) is 38.7 Å². The van der Waals surface area contributed by atoms with E-state index >= 15 is 0 Å². The van der Waals surface area contributed by atoms with Crippen LogP contribution in [0.4, 0.5) is 0 Å². The minimum Gasteiger partial charge on any atom is -0.460 e. The predicted octanol–water partition coefficient (Wildman–Crippen LogP) is -0.387. The number of sulfonamides is 1. The van der Waals surface area contributed by atoms with Gasteiger partial charge in [0.2, 0.25) is 21.8 Å². The highest BCUT2D eigenvalue weighted by Crippen LogP contribution is 2.25. The highest BCUT2D eigenvalue weighted by molar-refractivity contribution is 9.09. The fourth-order valence-corrected chi connectivity index (χ4v) is 4.92. The van der Waals surface area contributed by atoms with Crippen molar-refractivity contribution in [1.82, 2.24) is 20.1 Å². The van der Waals surface area contributed by atoms with Crippen LogP contribution in [0.1, 0.15) is 52.9 Å². The van der Waals surface area contributed by atoms with E-state index in [0.717, 1.165) is 16.3 Å². The predicted molar refractivity (Wildman–Crippen MR) is 124 cm³/mol. The van der Waals surface area contributed by atoms with Gasteiger partial charge in [-0.3, -0.25) is 29.0 Å². The van der Waals surface area contributed by atoms with Crippen LogP contribution >= 0.6 is 15.9 Å². The first-order valence-electron chi connectivity index (χ1n) is 10.8. The quantitative estimate of drug-likeness (QED) is 0.297. The van der Waals surface area contributed by atoms with Crippen LogP contribution in [-0.4, -0.2) is 89.8 Å². The molecule has 2 fully saturated rings. The van der Waals surface area contributed by atoms with Gasteiger partial charge in [-0.15, -0.1) is 0 Å². The molecule has 0 aromatic rings. The lowest BCUT2D eigenvalue weighted by atomic mass is 10.0. The molecule has 2 heterocycles. The van der Waals surface area contributed by atoms with Crippen molar-refractivity contribution in [3.63, 3.8) is 0 Å². The molecule has 0 aromatic carbocycles. The third kappa shape index (κ3) is 7.73. The molecule has 0 aliphatic carbocycles. The molecule has 2 N–H and O–H groups in total. The summed E-state index contributed by atoms with van der Waals surface area (Å²) in [6, 6.07) is -3.57. The Balaban J connectivity index is 2.27. The smallest absolute Gasteiger partial charge is 0.308 e. The van der Waals surface area contributed by atoms with Gasteiger partial charge in [-0.05, 0) is 40.0 Å². The normalized spacial score (nSPS) is 22.5. The molecule has 2 rings (SSSR count).